The highest BCUT2D eigenvalue weighted by Gasteiger charge is 2.23. The van der Waals surface area contributed by atoms with E-state index in [1.165, 1.54) is 0 Å². The molecule has 0 heterocycles. The van der Waals surface area contributed by atoms with Gasteiger partial charge in [-0.1, -0.05) is 0 Å². The summed E-state index contributed by atoms with van der Waals surface area (Å²) in [6.07, 6.45) is 0. The third-order valence-corrected chi connectivity index (χ3v) is 2.21. The van der Waals surface area contributed by atoms with E-state index in [0.29, 0.717) is 0 Å². The van der Waals surface area contributed by atoms with Gasteiger partial charge in [0.2, 0.25) is 0 Å². The Balaban J connectivity index is 3.94. The molecule has 4 heteroatoms. The van der Waals surface area contributed by atoms with E-state index >= 15 is 0 Å². The summed E-state index contributed by atoms with van der Waals surface area (Å²) in [6, 6.07) is 0.234. The molecule has 2 N–H and O–H groups in total. The zero-order valence-corrected chi connectivity index (χ0v) is 8.54. The number of aliphatic hydroxyl groups excluding tert-OH is 1. The molecule has 0 bridgehead atoms. The molecule has 0 spiro atoms. The van der Waals surface area contributed by atoms with Gasteiger partial charge in [0.05, 0.1) is 20.7 Å². The van der Waals surface area contributed by atoms with Crippen molar-refractivity contribution in [3.63, 3.8) is 0 Å². The van der Waals surface area contributed by atoms with Crippen molar-refractivity contribution in [2.45, 2.75) is 13.0 Å². The summed E-state index contributed by atoms with van der Waals surface area (Å²) in [5.74, 6) is 0. The molecule has 1 atom stereocenters. The van der Waals surface area contributed by atoms with Crippen LogP contribution >= 0.6 is 0 Å². The summed E-state index contributed by atoms with van der Waals surface area (Å²) < 4.78 is 2.40. The minimum Gasteiger partial charge on any atom is -0.390 e. The molecular formula is C8H21N3O+2. The Labute approximate surface area is 74.7 Å². The topological polar surface area (TPSA) is 35.3 Å². The number of hydrogen-bond acceptors (Lipinski definition) is 2. The van der Waals surface area contributed by atoms with Crippen LogP contribution in [0.2, 0.25) is 0 Å². The predicted octanol–water partition coefficient (Wildman–Crippen LogP) is -0.751. The van der Waals surface area contributed by atoms with Crippen molar-refractivity contribution in [2.75, 3.05) is 34.4 Å². The third kappa shape index (κ3) is 3.69. The van der Waals surface area contributed by atoms with Gasteiger partial charge in [-0.25, -0.2) is 0 Å². The van der Waals surface area contributed by atoms with Crippen molar-refractivity contribution in [3.8, 4) is 0 Å². The summed E-state index contributed by atoms with van der Waals surface area (Å²) in [5, 5.41) is 8.96. The number of likely N-dealkylation sites (N-methyl/N-ethyl adjacent to an activating group) is 1. The van der Waals surface area contributed by atoms with Gasteiger partial charge in [-0.3, -0.25) is 0 Å². The Morgan fingerprint density at radius 1 is 1.58 bits per heavy atom. The van der Waals surface area contributed by atoms with Gasteiger partial charge in [-0.2, -0.15) is 0 Å². The van der Waals surface area contributed by atoms with Gasteiger partial charge in [0.25, 0.3) is 0 Å². The lowest BCUT2D eigenvalue weighted by Crippen LogP contribution is -2.55. The van der Waals surface area contributed by atoms with Crippen molar-refractivity contribution >= 4 is 6.72 Å². The fraction of sp³-hybridized carbons (Fsp3) is 0.875. The second-order valence-electron chi connectivity index (χ2n) is 3.82. The maximum atomic E-state index is 8.96. The van der Waals surface area contributed by atoms with Crippen molar-refractivity contribution in [1.29, 1.82) is 0 Å². The lowest BCUT2D eigenvalue weighted by Gasteiger charge is -2.33. The summed E-state index contributed by atoms with van der Waals surface area (Å²) in [5.41, 5.74) is 3.08. The number of aliphatic hydroxyl groups is 1. The first-order valence-corrected chi connectivity index (χ1v) is 4.11. The minimum atomic E-state index is 0.204. The van der Waals surface area contributed by atoms with Gasteiger partial charge in [-0.05, 0) is 6.92 Å². The average molecular weight is 175 g/mol. The van der Waals surface area contributed by atoms with Crippen molar-refractivity contribution in [2.24, 2.45) is 0 Å². The van der Waals surface area contributed by atoms with E-state index in [4.69, 9.17) is 5.11 Å². The molecule has 1 unspecified atom stereocenters. The second-order valence-corrected chi connectivity index (χ2v) is 3.82. The summed E-state index contributed by atoms with van der Waals surface area (Å²) in [6.45, 7) is 6.66. The molecule has 0 aromatic heterocycles. The maximum absolute atomic E-state index is 8.96. The van der Waals surface area contributed by atoms with Crippen LogP contribution in [-0.2, 0) is 0 Å². The molecule has 0 fully saturated rings. The Kier molecular flexibility index (Phi) is 4.20. The van der Waals surface area contributed by atoms with E-state index in [0.717, 1.165) is 11.2 Å². The fourth-order valence-corrected chi connectivity index (χ4v) is 0.680. The van der Waals surface area contributed by atoms with Crippen molar-refractivity contribution in [3.05, 3.63) is 0 Å². The highest BCUT2D eigenvalue weighted by atomic mass is 16.3. The minimum absolute atomic E-state index is 0.204. The molecule has 72 valence electrons. The molecule has 4 nitrogen and oxygen atoms in total. The number of rotatable bonds is 5. The van der Waals surface area contributed by atoms with Gasteiger partial charge in [-0.15, -0.1) is 10.1 Å². The van der Waals surface area contributed by atoms with E-state index < -0.39 is 0 Å². The number of hydrogen-bond donors (Lipinski definition) is 2. The molecule has 0 amide bonds. The maximum Gasteiger partial charge on any atom is 0.199 e. The monoisotopic (exact) mass is 175 g/mol. The standard InChI is InChI=1S/C8H21N3O/c1-8(6-12)11(4,5)7-9-10(2)3/h8-9,12H,2,6-7H2,1,3-5H3/q+2. The molecular weight excluding hydrogens is 154 g/mol. The zero-order valence-electron chi connectivity index (χ0n) is 8.54. The van der Waals surface area contributed by atoms with Crippen LogP contribution in [0.4, 0.5) is 0 Å². The molecule has 0 radical (unpaired) electrons. The van der Waals surface area contributed by atoms with Crippen LogP contribution in [0, 0.1) is 0 Å². The van der Waals surface area contributed by atoms with Crippen molar-refractivity contribution < 1.29 is 14.3 Å². The van der Waals surface area contributed by atoms with Gasteiger partial charge >= 0.3 is 0 Å². The molecule has 0 aliphatic carbocycles. The Bertz CT molecular complexity index is 156. The highest BCUT2D eigenvalue weighted by Crippen LogP contribution is 2.02. The molecule has 0 rings (SSSR count). The first-order chi connectivity index (χ1) is 5.40. The van der Waals surface area contributed by atoms with Crippen LogP contribution in [0.15, 0.2) is 0 Å². The van der Waals surface area contributed by atoms with E-state index in [-0.39, 0.29) is 12.6 Å². The van der Waals surface area contributed by atoms with Gasteiger partial charge in [0.1, 0.15) is 6.04 Å². The summed E-state index contributed by atoms with van der Waals surface area (Å²) in [7, 11) is 5.98. The van der Waals surface area contributed by atoms with Crippen LogP contribution in [0.3, 0.4) is 0 Å². The van der Waals surface area contributed by atoms with Gasteiger partial charge < -0.3 is 9.59 Å². The Morgan fingerprint density at radius 2 is 2.08 bits per heavy atom. The van der Waals surface area contributed by atoms with E-state index in [9.17, 15) is 0 Å². The quantitative estimate of drug-likeness (QED) is 0.190. The summed E-state index contributed by atoms with van der Waals surface area (Å²) in [4.78, 5) is 0. The largest absolute Gasteiger partial charge is 0.390 e. The van der Waals surface area contributed by atoms with E-state index in [1.54, 1.807) is 4.68 Å². The molecule has 0 aromatic carbocycles. The average Bonchev–Trinajstić information content (AvgIpc) is 1.99. The van der Waals surface area contributed by atoms with Gasteiger partial charge in [0, 0.05) is 0 Å². The molecule has 0 saturated heterocycles. The smallest absolute Gasteiger partial charge is 0.199 e. The molecule has 0 aliphatic heterocycles. The zero-order chi connectivity index (χ0) is 9.78. The Morgan fingerprint density at radius 3 is 2.42 bits per heavy atom. The number of hydrazine groups is 1. The van der Waals surface area contributed by atoms with E-state index in [2.05, 4.69) is 26.2 Å². The van der Waals surface area contributed by atoms with Crippen LogP contribution in [0.25, 0.3) is 0 Å². The molecule has 0 saturated carbocycles. The SMILES string of the molecule is C=[N+](C)NC[N+](C)(C)C(C)CO. The number of nitrogens with one attached hydrogen (secondary N) is 1. The van der Waals surface area contributed by atoms with Crippen LogP contribution in [-0.4, -0.2) is 61.5 Å². The van der Waals surface area contributed by atoms with Crippen LogP contribution in [0.1, 0.15) is 6.92 Å². The fourth-order valence-electron chi connectivity index (χ4n) is 0.680. The molecule has 12 heavy (non-hydrogen) atoms. The molecule has 0 aliphatic rings. The van der Waals surface area contributed by atoms with Gasteiger partial charge in [0.15, 0.2) is 20.4 Å². The third-order valence-electron chi connectivity index (χ3n) is 2.21. The number of hydrazone groups is 1. The number of quaternary nitrogens is 1. The lowest BCUT2D eigenvalue weighted by molar-refractivity contribution is -0.927. The summed E-state index contributed by atoms with van der Waals surface area (Å²) >= 11 is 0. The lowest BCUT2D eigenvalue weighted by atomic mass is 10.3. The van der Waals surface area contributed by atoms with Crippen LogP contribution < -0.4 is 5.43 Å². The van der Waals surface area contributed by atoms with Crippen molar-refractivity contribution in [1.82, 2.24) is 5.43 Å². The Hall–Kier alpha value is -0.610. The number of nitrogens with zero attached hydrogens (tertiary/aromatic N) is 2. The predicted molar refractivity (Wildman–Crippen MR) is 50.0 cm³/mol. The second kappa shape index (κ2) is 4.42. The normalized spacial score (nSPS) is 14.1. The first-order valence-electron chi connectivity index (χ1n) is 4.11. The van der Waals surface area contributed by atoms with E-state index in [1.807, 2.05) is 14.0 Å². The first kappa shape index (κ1) is 11.4. The van der Waals surface area contributed by atoms with Crippen LogP contribution in [0.5, 0.6) is 0 Å². The highest BCUT2D eigenvalue weighted by molar-refractivity contribution is 5.13. The molecule has 0 aromatic rings.